The second-order valence-corrected chi connectivity index (χ2v) is 12.5. The van der Waals surface area contributed by atoms with Crippen molar-refractivity contribution >= 4 is 63.0 Å². The van der Waals surface area contributed by atoms with E-state index in [2.05, 4.69) is 115 Å². The van der Waals surface area contributed by atoms with Crippen LogP contribution in [0.1, 0.15) is 11.1 Å². The molecule has 4 heteroatoms. The highest BCUT2D eigenvalue weighted by Gasteiger charge is 2.17. The van der Waals surface area contributed by atoms with Gasteiger partial charge in [-0.2, -0.15) is 10.5 Å². The van der Waals surface area contributed by atoms with Crippen LogP contribution >= 0.6 is 22.7 Å². The molecule has 0 spiro atoms. The van der Waals surface area contributed by atoms with Crippen molar-refractivity contribution in [1.29, 1.82) is 10.5 Å². The van der Waals surface area contributed by atoms with Crippen molar-refractivity contribution < 1.29 is 0 Å². The zero-order chi connectivity index (χ0) is 28.2. The van der Waals surface area contributed by atoms with Gasteiger partial charge >= 0.3 is 0 Å². The molecule has 0 bridgehead atoms. The maximum Gasteiger partial charge on any atom is 0.0998 e. The number of rotatable bonds is 3. The quantitative estimate of drug-likeness (QED) is 0.213. The van der Waals surface area contributed by atoms with Gasteiger partial charge in [-0.15, -0.1) is 22.7 Å². The molecule has 0 atom stereocenters. The lowest BCUT2D eigenvalue weighted by Gasteiger charge is -2.14. The number of hydrogen-bond donors (Lipinski definition) is 0. The number of nitriles is 2. The molecule has 0 aliphatic rings. The molecule has 8 aromatic rings. The van der Waals surface area contributed by atoms with Crippen LogP contribution in [0.15, 0.2) is 121 Å². The molecule has 2 heterocycles. The lowest BCUT2D eigenvalue weighted by molar-refractivity contribution is 1.45. The monoisotopic (exact) mass is 568 g/mol. The van der Waals surface area contributed by atoms with Crippen LogP contribution in [0.2, 0.25) is 0 Å². The number of thiophene rings is 2. The molecule has 6 aromatic carbocycles. The second-order valence-electron chi connectivity index (χ2n) is 10.3. The van der Waals surface area contributed by atoms with Gasteiger partial charge in [-0.25, -0.2) is 0 Å². The minimum atomic E-state index is 0.535. The topological polar surface area (TPSA) is 47.6 Å². The van der Waals surface area contributed by atoms with E-state index in [-0.39, 0.29) is 0 Å². The van der Waals surface area contributed by atoms with Crippen LogP contribution in [-0.2, 0) is 0 Å². The Morgan fingerprint density at radius 1 is 0.429 bits per heavy atom. The molecule has 2 aromatic heterocycles. The lowest BCUT2D eigenvalue weighted by Crippen LogP contribution is -1.91. The van der Waals surface area contributed by atoms with Gasteiger partial charge in [0.05, 0.1) is 23.3 Å². The van der Waals surface area contributed by atoms with E-state index in [9.17, 15) is 10.5 Å². The lowest BCUT2D eigenvalue weighted by atomic mass is 9.89. The molecule has 0 aliphatic carbocycles. The summed E-state index contributed by atoms with van der Waals surface area (Å²) in [6.07, 6.45) is 0. The predicted octanol–water partition coefficient (Wildman–Crippen LogP) is 11.2. The Morgan fingerprint density at radius 3 is 1.45 bits per heavy atom. The molecule has 0 N–H and O–H groups in total. The van der Waals surface area contributed by atoms with Gasteiger partial charge in [0.25, 0.3) is 0 Å². The fourth-order valence-electron chi connectivity index (χ4n) is 6.07. The van der Waals surface area contributed by atoms with Gasteiger partial charge < -0.3 is 0 Å². The third-order valence-corrected chi connectivity index (χ3v) is 10.2. The van der Waals surface area contributed by atoms with Crippen LogP contribution in [-0.4, -0.2) is 0 Å². The highest BCUT2D eigenvalue weighted by Crippen LogP contribution is 2.45. The summed E-state index contributed by atoms with van der Waals surface area (Å²) in [6, 6.07) is 46.7. The van der Waals surface area contributed by atoms with E-state index in [0.29, 0.717) is 11.1 Å². The molecule has 42 heavy (non-hydrogen) atoms. The number of benzene rings is 6. The summed E-state index contributed by atoms with van der Waals surface area (Å²) >= 11 is 3.62. The summed E-state index contributed by atoms with van der Waals surface area (Å²) in [6.45, 7) is 0. The molecule has 0 saturated carbocycles. The van der Waals surface area contributed by atoms with E-state index in [1.165, 1.54) is 40.3 Å². The third-order valence-electron chi connectivity index (χ3n) is 7.94. The first-order valence-corrected chi connectivity index (χ1v) is 15.3. The summed E-state index contributed by atoms with van der Waals surface area (Å²) < 4.78 is 5.02. The van der Waals surface area contributed by atoms with Gasteiger partial charge in [-0.05, 0) is 88.5 Å². The summed E-state index contributed by atoms with van der Waals surface area (Å²) in [5, 5.41) is 24.7. The van der Waals surface area contributed by atoms with E-state index in [0.717, 1.165) is 33.4 Å². The van der Waals surface area contributed by atoms with E-state index < -0.39 is 0 Å². The average molecular weight is 569 g/mol. The Balaban J connectivity index is 1.48. The first-order chi connectivity index (χ1) is 20.7. The standard InChI is InChI=1S/C38H20N2S2/c39-21-23-15-16-24(22-40)32(17-23)27-19-25(28-9-5-13-35-37(28)30-7-1-3-11-33(30)41-35)18-26(20-27)29-10-6-14-36-38(29)31-8-2-4-12-34(31)42-36/h1-20H. The first-order valence-electron chi connectivity index (χ1n) is 13.6. The maximum absolute atomic E-state index is 10.0. The highest BCUT2D eigenvalue weighted by molar-refractivity contribution is 7.26. The highest BCUT2D eigenvalue weighted by atomic mass is 32.1. The van der Waals surface area contributed by atoms with Gasteiger partial charge in [0.15, 0.2) is 0 Å². The van der Waals surface area contributed by atoms with Crippen LogP contribution in [0.5, 0.6) is 0 Å². The molecule has 2 nitrogen and oxygen atoms in total. The van der Waals surface area contributed by atoms with Gasteiger partial charge in [0.1, 0.15) is 0 Å². The fourth-order valence-corrected chi connectivity index (χ4v) is 8.34. The van der Waals surface area contributed by atoms with Crippen LogP contribution in [0, 0.1) is 22.7 Å². The molecule has 194 valence electrons. The number of fused-ring (bicyclic) bond motifs is 6. The number of hydrogen-bond acceptors (Lipinski definition) is 4. The van der Waals surface area contributed by atoms with Crippen LogP contribution < -0.4 is 0 Å². The minimum Gasteiger partial charge on any atom is -0.192 e. The second kappa shape index (κ2) is 9.68. The third kappa shape index (κ3) is 3.82. The molecular formula is C38H20N2S2. The van der Waals surface area contributed by atoms with Crippen molar-refractivity contribution in [1.82, 2.24) is 0 Å². The van der Waals surface area contributed by atoms with Crippen molar-refractivity contribution in [2.75, 3.05) is 0 Å². The number of nitrogens with zero attached hydrogens (tertiary/aromatic N) is 2. The van der Waals surface area contributed by atoms with E-state index >= 15 is 0 Å². The van der Waals surface area contributed by atoms with Crippen molar-refractivity contribution in [3.05, 3.63) is 132 Å². The average Bonchev–Trinajstić information content (AvgIpc) is 3.62. The Hall–Kier alpha value is -5.26. The summed E-state index contributed by atoms with van der Waals surface area (Å²) in [5.74, 6) is 0. The van der Waals surface area contributed by atoms with Crippen molar-refractivity contribution in [2.24, 2.45) is 0 Å². The van der Waals surface area contributed by atoms with E-state index in [1.807, 2.05) is 28.7 Å². The van der Waals surface area contributed by atoms with E-state index in [4.69, 9.17) is 0 Å². The molecule has 0 fully saturated rings. The summed E-state index contributed by atoms with van der Waals surface area (Å²) in [5.41, 5.74) is 7.26. The molecule has 8 rings (SSSR count). The predicted molar refractivity (Wildman–Crippen MR) is 178 cm³/mol. The molecule has 0 amide bonds. The molecular weight excluding hydrogens is 549 g/mol. The molecule has 0 unspecified atom stereocenters. The summed E-state index contributed by atoms with van der Waals surface area (Å²) in [7, 11) is 0. The largest absolute Gasteiger partial charge is 0.192 e. The van der Waals surface area contributed by atoms with Gasteiger partial charge in [-0.3, -0.25) is 0 Å². The Labute approximate surface area is 250 Å². The zero-order valence-electron chi connectivity index (χ0n) is 22.3. The normalized spacial score (nSPS) is 11.3. The SMILES string of the molecule is N#Cc1ccc(C#N)c(-c2cc(-c3cccc4sc5ccccc5c34)cc(-c3cccc4sc5ccccc5c34)c2)c1. The Kier molecular flexibility index (Phi) is 5.66. The fraction of sp³-hybridized carbons (Fsp3) is 0. The van der Waals surface area contributed by atoms with E-state index in [1.54, 1.807) is 12.1 Å². The Morgan fingerprint density at radius 2 is 0.929 bits per heavy atom. The molecule has 0 radical (unpaired) electrons. The molecule has 0 aliphatic heterocycles. The Bertz CT molecular complexity index is 2310. The first kappa shape index (κ1) is 24.5. The van der Waals surface area contributed by atoms with Crippen LogP contribution in [0.3, 0.4) is 0 Å². The smallest absolute Gasteiger partial charge is 0.0998 e. The van der Waals surface area contributed by atoms with Gasteiger partial charge in [0.2, 0.25) is 0 Å². The zero-order valence-corrected chi connectivity index (χ0v) is 23.9. The van der Waals surface area contributed by atoms with Crippen molar-refractivity contribution in [2.45, 2.75) is 0 Å². The van der Waals surface area contributed by atoms with Gasteiger partial charge in [-0.1, -0.05) is 60.7 Å². The van der Waals surface area contributed by atoms with Crippen LogP contribution in [0.4, 0.5) is 0 Å². The van der Waals surface area contributed by atoms with Gasteiger partial charge in [0, 0.05) is 45.9 Å². The minimum absolute atomic E-state index is 0.535. The summed E-state index contributed by atoms with van der Waals surface area (Å²) in [4.78, 5) is 0. The van der Waals surface area contributed by atoms with Crippen molar-refractivity contribution in [3.8, 4) is 45.5 Å². The maximum atomic E-state index is 10.0. The molecule has 0 saturated heterocycles. The van der Waals surface area contributed by atoms with Crippen molar-refractivity contribution in [3.63, 3.8) is 0 Å². The van der Waals surface area contributed by atoms with Crippen LogP contribution in [0.25, 0.3) is 73.7 Å².